The van der Waals surface area contributed by atoms with Crippen LogP contribution in [0.5, 0.6) is 23.0 Å². The predicted octanol–water partition coefficient (Wildman–Crippen LogP) is 2.52. The maximum atomic E-state index is 13.2. The van der Waals surface area contributed by atoms with Crippen LogP contribution in [-0.4, -0.2) is 69.6 Å². The molecule has 0 saturated carbocycles. The molecule has 3 aliphatic rings. The second kappa shape index (κ2) is 11.0. The molecule has 1 fully saturated rings. The van der Waals surface area contributed by atoms with Crippen molar-refractivity contribution in [2.24, 2.45) is 0 Å². The molecule has 0 radical (unpaired) electrons. The highest BCUT2D eigenvalue weighted by molar-refractivity contribution is 5.76. The number of nitrogens with one attached hydrogen (secondary N) is 1. The normalized spacial score (nSPS) is 17.6. The lowest BCUT2D eigenvalue weighted by Crippen LogP contribution is -2.54. The van der Waals surface area contributed by atoms with Gasteiger partial charge in [0.05, 0.1) is 0 Å². The number of anilines is 1. The molecule has 12 nitrogen and oxygen atoms in total. The minimum absolute atomic E-state index is 0.0213. The predicted molar refractivity (Wildman–Crippen MR) is 147 cm³/mol. The maximum absolute atomic E-state index is 13.2. The summed E-state index contributed by atoms with van der Waals surface area (Å²) >= 11 is 0. The number of hydrogen-bond donors (Lipinski definition) is 1. The molecule has 2 aromatic carbocycles. The molecule has 0 spiro atoms. The smallest absolute Gasteiger partial charge is 0.236 e. The van der Waals surface area contributed by atoms with Gasteiger partial charge in [-0.25, -0.2) is 9.97 Å². The van der Waals surface area contributed by atoms with E-state index in [2.05, 4.69) is 31.2 Å². The molecule has 2 aromatic heterocycles. The zero-order valence-electron chi connectivity index (χ0n) is 22.3. The van der Waals surface area contributed by atoms with Crippen molar-refractivity contribution >= 4 is 11.7 Å². The first-order valence-electron chi connectivity index (χ1n) is 13.5. The average Bonchev–Trinajstić information content (AvgIpc) is 3.79. The molecule has 210 valence electrons. The Morgan fingerprint density at radius 3 is 2.44 bits per heavy atom. The van der Waals surface area contributed by atoms with Gasteiger partial charge in [-0.05, 0) is 41.5 Å². The number of benzene rings is 2. The van der Waals surface area contributed by atoms with Crippen LogP contribution in [0.2, 0.25) is 0 Å². The molecule has 41 heavy (non-hydrogen) atoms. The van der Waals surface area contributed by atoms with E-state index < -0.39 is 0 Å². The van der Waals surface area contributed by atoms with E-state index in [4.69, 9.17) is 23.9 Å². The lowest BCUT2D eigenvalue weighted by Gasteiger charge is -2.42. The first-order valence-corrected chi connectivity index (χ1v) is 13.5. The quantitative estimate of drug-likeness (QED) is 0.348. The van der Waals surface area contributed by atoms with Crippen LogP contribution in [0.15, 0.2) is 67.4 Å². The molecule has 1 saturated heterocycles. The van der Waals surface area contributed by atoms with Gasteiger partial charge in [-0.1, -0.05) is 12.1 Å². The highest BCUT2D eigenvalue weighted by Crippen LogP contribution is 2.34. The third kappa shape index (κ3) is 5.46. The van der Waals surface area contributed by atoms with Crippen molar-refractivity contribution in [3.05, 3.63) is 78.5 Å². The Labute approximate surface area is 236 Å². The van der Waals surface area contributed by atoms with Crippen LogP contribution in [0, 0.1) is 0 Å². The lowest BCUT2D eigenvalue weighted by atomic mass is 10.1. The molecule has 12 heteroatoms. The van der Waals surface area contributed by atoms with Gasteiger partial charge in [-0.15, -0.1) is 0 Å². The van der Waals surface area contributed by atoms with Crippen molar-refractivity contribution in [2.45, 2.75) is 25.6 Å². The minimum Gasteiger partial charge on any atom is -0.454 e. The molecule has 3 aliphatic heterocycles. The summed E-state index contributed by atoms with van der Waals surface area (Å²) in [5.41, 5.74) is 2.07. The summed E-state index contributed by atoms with van der Waals surface area (Å²) < 4.78 is 23.7. The summed E-state index contributed by atoms with van der Waals surface area (Å²) in [6.45, 7) is 3.73. The van der Waals surface area contributed by atoms with E-state index in [9.17, 15) is 4.79 Å². The molecule has 4 aromatic rings. The number of fused-ring (bicyclic) bond motifs is 2. The van der Waals surface area contributed by atoms with Crippen LogP contribution in [0.1, 0.15) is 17.5 Å². The highest BCUT2D eigenvalue weighted by atomic mass is 16.7. The summed E-state index contributed by atoms with van der Waals surface area (Å²) in [6.07, 6.45) is 7.28. The second-order valence-electron chi connectivity index (χ2n) is 10.1. The van der Waals surface area contributed by atoms with Crippen LogP contribution in [-0.2, 0) is 17.9 Å². The Balaban J connectivity index is 1.07. The monoisotopic (exact) mass is 555 g/mol. The third-order valence-corrected chi connectivity index (χ3v) is 7.46. The number of rotatable bonds is 8. The minimum atomic E-state index is -0.0439. The lowest BCUT2D eigenvalue weighted by molar-refractivity contribution is -0.122. The van der Waals surface area contributed by atoms with Crippen LogP contribution in [0.25, 0.3) is 5.95 Å². The standard InChI is InChI=1S/C29H29N7O5/c37-28(32-14-20-1-3-23-25(11-20)40-18-38-23)13-22-16-35(27-5-6-31-29(33-27)36-8-7-30-17-36)10-9-34(22)15-21-2-4-24-26(12-21)41-19-39-24/h1-8,11-12,17,22H,9-10,13-16,18-19H2,(H,32,37). The Kier molecular flexibility index (Phi) is 6.73. The van der Waals surface area contributed by atoms with Gasteiger partial charge < -0.3 is 29.2 Å². The van der Waals surface area contributed by atoms with Crippen LogP contribution in [0.3, 0.4) is 0 Å². The van der Waals surface area contributed by atoms with Gasteiger partial charge in [-0.3, -0.25) is 14.3 Å². The number of nitrogens with zero attached hydrogens (tertiary/aromatic N) is 6. The molecular weight excluding hydrogens is 526 g/mol. The van der Waals surface area contributed by atoms with E-state index >= 15 is 0 Å². The summed E-state index contributed by atoms with van der Waals surface area (Å²) in [4.78, 5) is 31.1. The fourth-order valence-electron chi connectivity index (χ4n) is 5.33. The molecule has 1 amide bonds. The van der Waals surface area contributed by atoms with Crippen molar-refractivity contribution in [1.29, 1.82) is 0 Å². The first kappa shape index (κ1) is 25.1. The number of carbonyl (C=O) groups is 1. The Bertz CT molecular complexity index is 1550. The maximum Gasteiger partial charge on any atom is 0.236 e. The van der Waals surface area contributed by atoms with Gasteiger partial charge in [-0.2, -0.15) is 4.98 Å². The molecule has 0 aliphatic carbocycles. The highest BCUT2D eigenvalue weighted by Gasteiger charge is 2.30. The van der Waals surface area contributed by atoms with Crippen LogP contribution < -0.4 is 29.2 Å². The van der Waals surface area contributed by atoms with Gasteiger partial charge in [0.1, 0.15) is 12.1 Å². The molecular formula is C29H29N7O5. The van der Waals surface area contributed by atoms with Gasteiger partial charge in [0, 0.05) is 63.8 Å². The number of amides is 1. The Morgan fingerprint density at radius 1 is 0.902 bits per heavy atom. The largest absolute Gasteiger partial charge is 0.454 e. The van der Waals surface area contributed by atoms with E-state index in [-0.39, 0.29) is 25.5 Å². The number of ether oxygens (including phenoxy) is 4. The van der Waals surface area contributed by atoms with E-state index in [0.717, 1.165) is 47.3 Å². The summed E-state index contributed by atoms with van der Waals surface area (Å²) in [7, 11) is 0. The number of aromatic nitrogens is 4. The van der Waals surface area contributed by atoms with Crippen LogP contribution in [0.4, 0.5) is 5.82 Å². The van der Waals surface area contributed by atoms with Crippen molar-refractivity contribution in [1.82, 2.24) is 29.7 Å². The van der Waals surface area contributed by atoms with Crippen LogP contribution >= 0.6 is 0 Å². The van der Waals surface area contributed by atoms with E-state index in [1.807, 2.05) is 42.6 Å². The third-order valence-electron chi connectivity index (χ3n) is 7.46. The van der Waals surface area contributed by atoms with Crippen molar-refractivity contribution in [2.75, 3.05) is 38.1 Å². The first-order chi connectivity index (χ1) is 20.2. The number of piperazine rings is 1. The van der Waals surface area contributed by atoms with Crippen molar-refractivity contribution < 1.29 is 23.7 Å². The zero-order chi connectivity index (χ0) is 27.6. The van der Waals surface area contributed by atoms with Gasteiger partial charge in [0.25, 0.3) is 0 Å². The number of carbonyl (C=O) groups excluding carboxylic acids is 1. The van der Waals surface area contributed by atoms with Gasteiger partial charge in [0.2, 0.25) is 25.4 Å². The van der Waals surface area contributed by atoms with E-state index in [1.165, 1.54) is 0 Å². The summed E-state index contributed by atoms with van der Waals surface area (Å²) in [5, 5.41) is 3.09. The molecule has 7 rings (SSSR count). The van der Waals surface area contributed by atoms with Crippen molar-refractivity contribution in [3.8, 4) is 28.9 Å². The Morgan fingerprint density at radius 2 is 1.66 bits per heavy atom. The van der Waals surface area contributed by atoms with Crippen molar-refractivity contribution in [3.63, 3.8) is 0 Å². The fourth-order valence-corrected chi connectivity index (χ4v) is 5.33. The molecule has 5 heterocycles. The van der Waals surface area contributed by atoms with Gasteiger partial charge in [0.15, 0.2) is 23.0 Å². The van der Waals surface area contributed by atoms with E-state index in [0.29, 0.717) is 37.8 Å². The summed E-state index contributed by atoms with van der Waals surface area (Å²) in [5.74, 6) is 4.30. The molecule has 1 N–H and O–H groups in total. The topological polar surface area (TPSA) is 116 Å². The number of hydrogen-bond acceptors (Lipinski definition) is 10. The molecule has 1 unspecified atom stereocenters. The number of imidazole rings is 1. The SMILES string of the molecule is O=C(CC1CN(c2ccnc(-n3ccnc3)n2)CCN1Cc1ccc2c(c1)OCO2)NCc1ccc2c(c1)OCO2. The zero-order valence-corrected chi connectivity index (χ0v) is 22.3. The average molecular weight is 556 g/mol. The van der Waals surface area contributed by atoms with Gasteiger partial charge >= 0.3 is 0 Å². The summed E-state index contributed by atoms with van der Waals surface area (Å²) in [6, 6.07) is 13.6. The van der Waals surface area contributed by atoms with E-state index in [1.54, 1.807) is 23.3 Å². The second-order valence-corrected chi connectivity index (χ2v) is 10.1. The fraction of sp³-hybridized carbons (Fsp3) is 0.310. The Hall–Kier alpha value is -4.84. The molecule has 1 atom stereocenters. The molecule has 0 bridgehead atoms.